The second kappa shape index (κ2) is 7.32. The molecule has 0 aromatic heterocycles. The van der Waals surface area contributed by atoms with Gasteiger partial charge in [0.15, 0.2) is 5.78 Å². The van der Waals surface area contributed by atoms with Crippen LogP contribution in [0.1, 0.15) is 63.7 Å². The fraction of sp³-hybridized carbons (Fsp3) is 0.588. The maximum atomic E-state index is 12.1. The lowest BCUT2D eigenvalue weighted by molar-refractivity contribution is 0.0858. The van der Waals surface area contributed by atoms with Crippen molar-refractivity contribution in [2.45, 2.75) is 53.4 Å². The Morgan fingerprint density at radius 1 is 1.05 bits per heavy atom. The van der Waals surface area contributed by atoms with Gasteiger partial charge in [-0.1, -0.05) is 47.0 Å². The van der Waals surface area contributed by atoms with E-state index in [2.05, 4.69) is 6.92 Å². The van der Waals surface area contributed by atoms with E-state index in [9.17, 15) is 4.79 Å². The van der Waals surface area contributed by atoms with Gasteiger partial charge >= 0.3 is 0 Å². The molecule has 1 aromatic rings. The van der Waals surface area contributed by atoms with Crippen LogP contribution in [0.5, 0.6) is 5.75 Å². The minimum absolute atomic E-state index is 0.169. The van der Waals surface area contributed by atoms with Crippen molar-refractivity contribution >= 4 is 5.78 Å². The van der Waals surface area contributed by atoms with Crippen LogP contribution in [-0.2, 0) is 0 Å². The van der Waals surface area contributed by atoms with Crippen LogP contribution < -0.4 is 4.74 Å². The standard InChI is InChI=1S/C17H26O2/c1-5-6-7-8-13-19-15-11-9-14(10-12-15)16(18)17(2,3)4/h9-12H,5-8,13H2,1-4H3. The highest BCUT2D eigenvalue weighted by molar-refractivity contribution is 5.99. The van der Waals surface area contributed by atoms with Crippen molar-refractivity contribution in [2.75, 3.05) is 6.61 Å². The van der Waals surface area contributed by atoms with Gasteiger partial charge in [-0.15, -0.1) is 0 Å². The molecule has 2 heteroatoms. The van der Waals surface area contributed by atoms with Gasteiger partial charge in [-0.25, -0.2) is 0 Å². The Bertz CT molecular complexity index is 385. The third kappa shape index (κ3) is 5.46. The van der Waals surface area contributed by atoms with Crippen molar-refractivity contribution in [1.82, 2.24) is 0 Å². The molecule has 106 valence electrons. The highest BCUT2D eigenvalue weighted by atomic mass is 16.5. The van der Waals surface area contributed by atoms with Crippen LogP contribution >= 0.6 is 0 Å². The fourth-order valence-electron chi connectivity index (χ4n) is 1.85. The quantitative estimate of drug-likeness (QED) is 0.517. The third-order valence-corrected chi connectivity index (χ3v) is 3.06. The summed E-state index contributed by atoms with van der Waals surface area (Å²) in [5, 5.41) is 0. The summed E-state index contributed by atoms with van der Waals surface area (Å²) in [6.07, 6.45) is 4.82. The average molecular weight is 262 g/mol. The van der Waals surface area contributed by atoms with E-state index in [-0.39, 0.29) is 11.2 Å². The molecule has 2 nitrogen and oxygen atoms in total. The summed E-state index contributed by atoms with van der Waals surface area (Å²) in [7, 11) is 0. The Morgan fingerprint density at radius 2 is 1.68 bits per heavy atom. The van der Waals surface area contributed by atoms with Gasteiger partial charge in [-0.05, 0) is 30.7 Å². The van der Waals surface area contributed by atoms with Crippen molar-refractivity contribution in [1.29, 1.82) is 0 Å². The molecule has 1 rings (SSSR count). The maximum Gasteiger partial charge on any atom is 0.168 e. The number of rotatable bonds is 7. The minimum atomic E-state index is -0.331. The molecule has 0 unspecified atom stereocenters. The highest BCUT2D eigenvalue weighted by Crippen LogP contribution is 2.22. The lowest BCUT2D eigenvalue weighted by Crippen LogP contribution is -2.19. The molecule has 0 atom stereocenters. The Morgan fingerprint density at radius 3 is 2.21 bits per heavy atom. The SMILES string of the molecule is CCCCCCOc1ccc(C(=O)C(C)(C)C)cc1. The van der Waals surface area contributed by atoms with E-state index < -0.39 is 0 Å². The summed E-state index contributed by atoms with van der Waals surface area (Å²) in [6.45, 7) is 8.77. The summed E-state index contributed by atoms with van der Waals surface area (Å²) < 4.78 is 5.66. The zero-order valence-electron chi connectivity index (χ0n) is 12.7. The van der Waals surface area contributed by atoms with Crippen LogP contribution in [0.3, 0.4) is 0 Å². The predicted octanol–water partition coefficient (Wildman–Crippen LogP) is 4.87. The van der Waals surface area contributed by atoms with Gasteiger partial charge in [-0.3, -0.25) is 4.79 Å². The lowest BCUT2D eigenvalue weighted by Gasteiger charge is -2.16. The van der Waals surface area contributed by atoms with Gasteiger partial charge in [0.25, 0.3) is 0 Å². The molecule has 0 heterocycles. The van der Waals surface area contributed by atoms with E-state index in [4.69, 9.17) is 4.74 Å². The van der Waals surface area contributed by atoms with E-state index in [1.807, 2.05) is 45.0 Å². The molecule has 0 radical (unpaired) electrons. The third-order valence-electron chi connectivity index (χ3n) is 3.06. The van der Waals surface area contributed by atoms with E-state index in [0.29, 0.717) is 0 Å². The number of Topliss-reactive ketones (excluding diaryl/α,β-unsaturated/α-hetero) is 1. The molecule has 0 aliphatic rings. The average Bonchev–Trinajstić information content (AvgIpc) is 2.37. The number of unbranched alkanes of at least 4 members (excludes halogenated alkanes) is 3. The molecular weight excluding hydrogens is 236 g/mol. The lowest BCUT2D eigenvalue weighted by atomic mass is 9.86. The van der Waals surface area contributed by atoms with Gasteiger partial charge < -0.3 is 4.74 Å². The van der Waals surface area contributed by atoms with Crippen LogP contribution in [0, 0.1) is 5.41 Å². The first kappa shape index (κ1) is 15.7. The number of carbonyl (C=O) groups is 1. The number of hydrogen-bond acceptors (Lipinski definition) is 2. The number of ketones is 1. The molecular formula is C17H26O2. The van der Waals surface area contributed by atoms with Crippen molar-refractivity contribution in [3.05, 3.63) is 29.8 Å². The van der Waals surface area contributed by atoms with Gasteiger partial charge in [0.05, 0.1) is 6.61 Å². The number of carbonyl (C=O) groups excluding carboxylic acids is 1. The van der Waals surface area contributed by atoms with E-state index in [1.54, 1.807) is 0 Å². The van der Waals surface area contributed by atoms with Gasteiger partial charge in [0.2, 0.25) is 0 Å². The van der Waals surface area contributed by atoms with Crippen molar-refractivity contribution in [3.8, 4) is 5.75 Å². The molecule has 0 aliphatic heterocycles. The molecule has 0 saturated carbocycles. The topological polar surface area (TPSA) is 26.3 Å². The Hall–Kier alpha value is -1.31. The zero-order chi connectivity index (χ0) is 14.3. The minimum Gasteiger partial charge on any atom is -0.494 e. The normalized spacial score (nSPS) is 11.4. The highest BCUT2D eigenvalue weighted by Gasteiger charge is 2.22. The van der Waals surface area contributed by atoms with E-state index >= 15 is 0 Å². The van der Waals surface area contributed by atoms with E-state index in [1.165, 1.54) is 19.3 Å². The fourth-order valence-corrected chi connectivity index (χ4v) is 1.85. The van der Waals surface area contributed by atoms with Crippen molar-refractivity contribution in [2.24, 2.45) is 5.41 Å². The molecule has 0 bridgehead atoms. The Kier molecular flexibility index (Phi) is 6.07. The van der Waals surface area contributed by atoms with Crippen molar-refractivity contribution < 1.29 is 9.53 Å². The summed E-state index contributed by atoms with van der Waals surface area (Å²) >= 11 is 0. The van der Waals surface area contributed by atoms with Crippen LogP contribution in [0.15, 0.2) is 24.3 Å². The molecule has 0 N–H and O–H groups in total. The molecule has 0 aliphatic carbocycles. The number of hydrogen-bond donors (Lipinski definition) is 0. The first-order valence-electron chi connectivity index (χ1n) is 7.23. The molecule has 0 fully saturated rings. The summed E-state index contributed by atoms with van der Waals surface area (Å²) in [4.78, 5) is 12.1. The first-order valence-corrected chi connectivity index (χ1v) is 7.23. The van der Waals surface area contributed by atoms with Crippen LogP contribution in [0.25, 0.3) is 0 Å². The zero-order valence-corrected chi connectivity index (χ0v) is 12.7. The van der Waals surface area contributed by atoms with Crippen LogP contribution in [0.2, 0.25) is 0 Å². The number of ether oxygens (including phenoxy) is 1. The van der Waals surface area contributed by atoms with E-state index in [0.717, 1.165) is 24.3 Å². The smallest absolute Gasteiger partial charge is 0.168 e. The Balaban J connectivity index is 2.46. The van der Waals surface area contributed by atoms with Gasteiger partial charge in [-0.2, -0.15) is 0 Å². The largest absolute Gasteiger partial charge is 0.494 e. The second-order valence-electron chi connectivity index (χ2n) is 6.01. The molecule has 19 heavy (non-hydrogen) atoms. The summed E-state index contributed by atoms with van der Waals surface area (Å²) in [5.41, 5.74) is 0.425. The molecule has 0 saturated heterocycles. The van der Waals surface area contributed by atoms with Gasteiger partial charge in [0, 0.05) is 11.0 Å². The molecule has 0 amide bonds. The summed E-state index contributed by atoms with van der Waals surface area (Å²) in [5.74, 6) is 1.02. The van der Waals surface area contributed by atoms with Crippen molar-refractivity contribution in [3.63, 3.8) is 0 Å². The molecule has 0 spiro atoms. The summed E-state index contributed by atoms with van der Waals surface area (Å²) in [6, 6.07) is 7.49. The monoisotopic (exact) mass is 262 g/mol. The molecule has 1 aromatic carbocycles. The number of benzene rings is 1. The maximum absolute atomic E-state index is 12.1. The van der Waals surface area contributed by atoms with Crippen LogP contribution in [-0.4, -0.2) is 12.4 Å². The van der Waals surface area contributed by atoms with Crippen LogP contribution in [0.4, 0.5) is 0 Å². The second-order valence-corrected chi connectivity index (χ2v) is 6.01. The Labute approximate surface area is 117 Å². The first-order chi connectivity index (χ1) is 8.95. The van der Waals surface area contributed by atoms with Gasteiger partial charge in [0.1, 0.15) is 5.75 Å². The predicted molar refractivity (Wildman–Crippen MR) is 79.9 cm³/mol.